The van der Waals surface area contributed by atoms with E-state index in [1.54, 1.807) is 0 Å². The van der Waals surface area contributed by atoms with Crippen LogP contribution in [0.3, 0.4) is 0 Å². The lowest BCUT2D eigenvalue weighted by molar-refractivity contribution is 0.869. The van der Waals surface area contributed by atoms with E-state index in [2.05, 4.69) is 83.9 Å². The normalized spacial score (nSPS) is 11.1. The summed E-state index contributed by atoms with van der Waals surface area (Å²) in [6.07, 6.45) is 1.88. The Hall–Kier alpha value is -2.80. The molecule has 1 heterocycles. The smallest absolute Gasteiger partial charge is 0.0494 e. The predicted octanol–water partition coefficient (Wildman–Crippen LogP) is 5.49. The molecule has 4 rings (SSSR count). The molecular formula is C21H17N. The minimum absolute atomic E-state index is 0.880. The molecule has 0 saturated heterocycles. The molecule has 0 atom stereocenters. The highest BCUT2D eigenvalue weighted by Gasteiger charge is 2.09. The van der Waals surface area contributed by atoms with Gasteiger partial charge in [-0.25, -0.2) is 0 Å². The Morgan fingerprint density at radius 2 is 1.27 bits per heavy atom. The molecule has 0 N–H and O–H groups in total. The maximum Gasteiger partial charge on any atom is 0.0494 e. The molecule has 1 aromatic heterocycles. The van der Waals surface area contributed by atoms with E-state index < -0.39 is 0 Å². The van der Waals surface area contributed by atoms with Gasteiger partial charge in [-0.05, 0) is 23.3 Å². The van der Waals surface area contributed by atoms with Gasteiger partial charge in [-0.3, -0.25) is 0 Å². The third-order valence-corrected chi connectivity index (χ3v) is 4.24. The molecule has 0 saturated carbocycles. The Morgan fingerprint density at radius 1 is 0.727 bits per heavy atom. The average Bonchev–Trinajstić information content (AvgIpc) is 2.90. The van der Waals surface area contributed by atoms with Gasteiger partial charge in [0.15, 0.2) is 0 Å². The Bertz CT molecular complexity index is 905. The van der Waals surface area contributed by atoms with Crippen LogP contribution >= 0.6 is 0 Å². The summed E-state index contributed by atoms with van der Waals surface area (Å²) in [5.74, 6) is 0. The molecule has 0 radical (unpaired) electrons. The van der Waals surface area contributed by atoms with Gasteiger partial charge in [0.1, 0.15) is 0 Å². The molecule has 0 unspecified atom stereocenters. The minimum Gasteiger partial charge on any atom is -0.336 e. The number of hydrogen-bond acceptors (Lipinski definition) is 0. The minimum atomic E-state index is 0.880. The molecular weight excluding hydrogens is 266 g/mol. The summed E-state index contributed by atoms with van der Waals surface area (Å²) in [7, 11) is 0. The zero-order chi connectivity index (χ0) is 14.9. The van der Waals surface area contributed by atoms with Crippen molar-refractivity contribution in [2.24, 2.45) is 0 Å². The van der Waals surface area contributed by atoms with Crippen molar-refractivity contribution in [2.75, 3.05) is 0 Å². The van der Waals surface area contributed by atoms with E-state index in [0.29, 0.717) is 0 Å². The zero-order valence-electron chi connectivity index (χ0n) is 12.4. The molecule has 4 aromatic rings. The Labute approximate surface area is 130 Å². The lowest BCUT2D eigenvalue weighted by atomic mass is 10.1. The van der Waals surface area contributed by atoms with Crippen molar-refractivity contribution in [2.45, 2.75) is 6.54 Å². The topological polar surface area (TPSA) is 4.93 Å². The van der Waals surface area contributed by atoms with Crippen LogP contribution in [-0.2, 0) is 6.54 Å². The monoisotopic (exact) mass is 283 g/mol. The van der Waals surface area contributed by atoms with Crippen LogP contribution in [0.5, 0.6) is 0 Å². The van der Waals surface area contributed by atoms with E-state index >= 15 is 0 Å². The number of hydrogen-bond donors (Lipinski definition) is 0. The average molecular weight is 283 g/mol. The van der Waals surface area contributed by atoms with Gasteiger partial charge < -0.3 is 4.57 Å². The third kappa shape index (κ3) is 2.03. The predicted molar refractivity (Wildman–Crippen MR) is 95.1 cm³/mol. The Morgan fingerprint density at radius 3 is 1.82 bits per heavy atom. The molecule has 1 heteroatoms. The lowest BCUT2D eigenvalue weighted by Crippen LogP contribution is -1.99. The van der Waals surface area contributed by atoms with E-state index in [0.717, 1.165) is 12.1 Å². The quantitative estimate of drug-likeness (QED) is 0.469. The number of benzene rings is 3. The van der Waals surface area contributed by atoms with Crippen molar-refractivity contribution in [1.82, 2.24) is 4.57 Å². The van der Waals surface area contributed by atoms with Crippen LogP contribution in [-0.4, -0.2) is 4.57 Å². The summed E-state index contributed by atoms with van der Waals surface area (Å²) in [6.45, 7) is 4.69. The second-order valence-electron chi connectivity index (χ2n) is 5.57. The fourth-order valence-corrected chi connectivity index (χ4v) is 3.12. The van der Waals surface area contributed by atoms with Crippen molar-refractivity contribution < 1.29 is 0 Å². The van der Waals surface area contributed by atoms with Crippen LogP contribution in [0, 0.1) is 0 Å². The lowest BCUT2D eigenvalue weighted by Gasteiger charge is -2.08. The van der Waals surface area contributed by atoms with Crippen LogP contribution in [0.2, 0.25) is 0 Å². The first-order chi connectivity index (χ1) is 10.9. The molecule has 0 aliphatic rings. The first kappa shape index (κ1) is 12.9. The molecule has 22 heavy (non-hydrogen) atoms. The molecule has 3 aromatic carbocycles. The number of nitrogens with zero attached hydrogens (tertiary/aromatic N) is 1. The zero-order valence-corrected chi connectivity index (χ0v) is 12.4. The van der Waals surface area contributed by atoms with E-state index in [9.17, 15) is 0 Å². The summed E-state index contributed by atoms with van der Waals surface area (Å²) in [6, 6.07) is 25.9. The second kappa shape index (κ2) is 5.19. The Balaban J connectivity index is 1.90. The first-order valence-electron chi connectivity index (χ1n) is 7.54. The standard InChI is InChI=1S/C21H17N/c1-2-16-11-13-17(14-12-16)15-22-20-9-5-3-7-18(20)19-8-4-6-10-21(19)22/h2-14H,1,15H2. The number of rotatable bonds is 3. The molecule has 106 valence electrons. The molecule has 0 amide bonds. The number of fused-ring (bicyclic) bond motifs is 3. The van der Waals surface area contributed by atoms with Crippen molar-refractivity contribution in [1.29, 1.82) is 0 Å². The summed E-state index contributed by atoms with van der Waals surface area (Å²) in [4.78, 5) is 0. The summed E-state index contributed by atoms with van der Waals surface area (Å²) >= 11 is 0. The molecule has 0 bridgehead atoms. The SMILES string of the molecule is C=Cc1ccc(Cn2c3ccccc3c3ccccc32)cc1. The molecule has 0 aliphatic heterocycles. The fraction of sp³-hybridized carbons (Fsp3) is 0.0476. The van der Waals surface area contributed by atoms with E-state index in [-0.39, 0.29) is 0 Å². The van der Waals surface area contributed by atoms with Crippen LogP contribution in [0.1, 0.15) is 11.1 Å². The second-order valence-corrected chi connectivity index (χ2v) is 5.57. The van der Waals surface area contributed by atoms with E-state index in [4.69, 9.17) is 0 Å². The Kier molecular flexibility index (Phi) is 3.05. The van der Waals surface area contributed by atoms with E-state index in [1.165, 1.54) is 27.4 Å². The van der Waals surface area contributed by atoms with Crippen molar-refractivity contribution in [3.63, 3.8) is 0 Å². The van der Waals surface area contributed by atoms with Crippen LogP contribution in [0.15, 0.2) is 79.4 Å². The molecule has 0 aliphatic carbocycles. The van der Waals surface area contributed by atoms with Crippen molar-refractivity contribution in [3.05, 3.63) is 90.5 Å². The maximum atomic E-state index is 3.81. The van der Waals surface area contributed by atoms with Gasteiger partial charge in [0.05, 0.1) is 0 Å². The van der Waals surface area contributed by atoms with E-state index in [1.807, 2.05) is 6.08 Å². The van der Waals surface area contributed by atoms with Crippen LogP contribution < -0.4 is 0 Å². The van der Waals surface area contributed by atoms with Crippen LogP contribution in [0.25, 0.3) is 27.9 Å². The van der Waals surface area contributed by atoms with Gasteiger partial charge in [0.25, 0.3) is 0 Å². The summed E-state index contributed by atoms with van der Waals surface area (Å²) < 4.78 is 2.40. The van der Waals surface area contributed by atoms with Gasteiger partial charge in [0.2, 0.25) is 0 Å². The summed E-state index contributed by atoms with van der Waals surface area (Å²) in [5, 5.41) is 2.64. The van der Waals surface area contributed by atoms with Gasteiger partial charge in [-0.2, -0.15) is 0 Å². The molecule has 0 spiro atoms. The fourth-order valence-electron chi connectivity index (χ4n) is 3.12. The largest absolute Gasteiger partial charge is 0.336 e. The highest BCUT2D eigenvalue weighted by molar-refractivity contribution is 6.08. The summed E-state index contributed by atoms with van der Waals surface area (Å²) in [5.41, 5.74) is 5.04. The van der Waals surface area contributed by atoms with Crippen molar-refractivity contribution >= 4 is 27.9 Å². The van der Waals surface area contributed by atoms with Gasteiger partial charge >= 0.3 is 0 Å². The van der Waals surface area contributed by atoms with Gasteiger partial charge in [0, 0.05) is 28.4 Å². The first-order valence-corrected chi connectivity index (χ1v) is 7.54. The highest BCUT2D eigenvalue weighted by atomic mass is 15.0. The highest BCUT2D eigenvalue weighted by Crippen LogP contribution is 2.29. The van der Waals surface area contributed by atoms with Crippen molar-refractivity contribution in [3.8, 4) is 0 Å². The molecule has 1 nitrogen and oxygen atoms in total. The van der Waals surface area contributed by atoms with Gasteiger partial charge in [-0.15, -0.1) is 0 Å². The third-order valence-electron chi connectivity index (χ3n) is 4.24. The van der Waals surface area contributed by atoms with Gasteiger partial charge in [-0.1, -0.05) is 73.3 Å². The molecule has 0 fully saturated rings. The number of para-hydroxylation sites is 2. The van der Waals surface area contributed by atoms with Crippen LogP contribution in [0.4, 0.5) is 0 Å². The maximum absolute atomic E-state index is 3.81. The number of aromatic nitrogens is 1.